The molecule has 1 aromatic rings. The number of nitrogens with zero attached hydrogens (tertiary/aromatic N) is 3. The molecule has 2 rings (SSSR count). The van der Waals surface area contributed by atoms with E-state index in [2.05, 4.69) is 26.8 Å². The predicted octanol–water partition coefficient (Wildman–Crippen LogP) is 2.24. The second-order valence-electron chi connectivity index (χ2n) is 5.52. The number of amides is 1. The van der Waals surface area contributed by atoms with Crippen LogP contribution in [-0.2, 0) is 9.53 Å². The SMILES string of the molecule is C=C1C=NNC(=Nc2cc(C(N)=O)ccc2C)N1/C(C)=C/C=O.CCOC. The largest absolute Gasteiger partial charge is 0.385 e. The van der Waals surface area contributed by atoms with E-state index in [0.29, 0.717) is 34.9 Å². The molecule has 0 bridgehead atoms. The van der Waals surface area contributed by atoms with Gasteiger partial charge in [0.25, 0.3) is 0 Å². The van der Waals surface area contributed by atoms with Gasteiger partial charge in [-0.1, -0.05) is 12.6 Å². The van der Waals surface area contributed by atoms with Crippen molar-refractivity contribution in [3.63, 3.8) is 0 Å². The standard InChI is InChI=1S/C16H17N5O2.C3H8O/c1-10-4-5-13(15(17)23)8-14(10)19-16-20-18-9-12(3)21(16)11(2)6-7-22;1-3-4-2/h4-9H,3H2,1-2H3,(H2,17,23)(H,19,20);3H2,1-2H3/b11-6+;. The number of hydrogen-bond acceptors (Lipinski definition) is 5. The molecule has 0 aromatic heterocycles. The molecule has 0 saturated carbocycles. The van der Waals surface area contributed by atoms with Crippen LogP contribution in [0.15, 0.2) is 52.3 Å². The lowest BCUT2D eigenvalue weighted by Gasteiger charge is -2.28. The molecule has 27 heavy (non-hydrogen) atoms. The van der Waals surface area contributed by atoms with E-state index in [0.717, 1.165) is 12.2 Å². The van der Waals surface area contributed by atoms with Gasteiger partial charge in [0.15, 0.2) is 0 Å². The number of aliphatic imine (C=N–C) groups is 1. The molecule has 1 aliphatic rings. The first-order valence-corrected chi connectivity index (χ1v) is 8.23. The van der Waals surface area contributed by atoms with Gasteiger partial charge >= 0.3 is 0 Å². The molecular weight excluding hydrogens is 346 g/mol. The number of benzene rings is 1. The van der Waals surface area contributed by atoms with Crippen molar-refractivity contribution in [2.75, 3.05) is 13.7 Å². The molecule has 1 heterocycles. The number of methoxy groups -OCH3 is 1. The highest BCUT2D eigenvalue weighted by atomic mass is 16.5. The minimum Gasteiger partial charge on any atom is -0.385 e. The lowest BCUT2D eigenvalue weighted by Crippen LogP contribution is -2.40. The van der Waals surface area contributed by atoms with Crippen LogP contribution in [0.5, 0.6) is 0 Å². The number of hydrazone groups is 1. The number of carbonyl (C=O) groups is 2. The van der Waals surface area contributed by atoms with Crippen LogP contribution >= 0.6 is 0 Å². The molecule has 1 aromatic carbocycles. The Balaban J connectivity index is 0.000000828. The number of rotatable bonds is 5. The highest BCUT2D eigenvalue weighted by Gasteiger charge is 2.19. The third kappa shape index (κ3) is 6.19. The maximum Gasteiger partial charge on any atom is 0.248 e. The van der Waals surface area contributed by atoms with E-state index in [4.69, 9.17) is 5.73 Å². The fourth-order valence-corrected chi connectivity index (χ4v) is 2.05. The summed E-state index contributed by atoms with van der Waals surface area (Å²) in [6.45, 7) is 10.3. The summed E-state index contributed by atoms with van der Waals surface area (Å²) in [6.07, 6.45) is 3.60. The summed E-state index contributed by atoms with van der Waals surface area (Å²) >= 11 is 0. The van der Waals surface area contributed by atoms with Crippen LogP contribution in [0.25, 0.3) is 0 Å². The number of nitrogens with one attached hydrogen (secondary N) is 1. The number of aldehydes is 1. The quantitative estimate of drug-likeness (QED) is 0.609. The summed E-state index contributed by atoms with van der Waals surface area (Å²) in [4.78, 5) is 28.2. The van der Waals surface area contributed by atoms with Crippen LogP contribution in [-0.4, -0.2) is 43.0 Å². The molecule has 144 valence electrons. The lowest BCUT2D eigenvalue weighted by atomic mass is 10.1. The maximum atomic E-state index is 11.3. The van der Waals surface area contributed by atoms with Crippen molar-refractivity contribution in [1.29, 1.82) is 0 Å². The second-order valence-corrected chi connectivity index (χ2v) is 5.52. The van der Waals surface area contributed by atoms with E-state index < -0.39 is 5.91 Å². The van der Waals surface area contributed by atoms with Crippen LogP contribution in [0.1, 0.15) is 29.8 Å². The first kappa shape index (κ1) is 21.8. The number of primary amides is 1. The number of aryl methyl sites for hydroxylation is 1. The van der Waals surface area contributed by atoms with Gasteiger partial charge in [-0.3, -0.25) is 14.5 Å². The van der Waals surface area contributed by atoms with E-state index in [1.165, 1.54) is 12.3 Å². The van der Waals surface area contributed by atoms with Crippen molar-refractivity contribution >= 4 is 30.1 Å². The third-order valence-corrected chi connectivity index (χ3v) is 3.55. The third-order valence-electron chi connectivity index (χ3n) is 3.55. The molecule has 8 heteroatoms. The Morgan fingerprint density at radius 2 is 2.15 bits per heavy atom. The second kappa shape index (κ2) is 10.7. The Kier molecular flexibility index (Phi) is 8.61. The number of nitrogens with two attached hydrogens (primary N) is 1. The highest BCUT2D eigenvalue weighted by molar-refractivity contribution is 5.97. The molecule has 0 radical (unpaired) electrons. The summed E-state index contributed by atoms with van der Waals surface area (Å²) < 4.78 is 4.54. The van der Waals surface area contributed by atoms with Crippen molar-refractivity contribution in [2.45, 2.75) is 20.8 Å². The molecule has 0 atom stereocenters. The fourth-order valence-electron chi connectivity index (χ4n) is 2.05. The van der Waals surface area contributed by atoms with Gasteiger partial charge in [0.05, 0.1) is 17.6 Å². The molecule has 1 aliphatic heterocycles. The Morgan fingerprint density at radius 1 is 1.48 bits per heavy atom. The van der Waals surface area contributed by atoms with Gasteiger partial charge in [-0.25, -0.2) is 10.4 Å². The zero-order chi connectivity index (χ0) is 20.4. The van der Waals surface area contributed by atoms with Gasteiger partial charge in [-0.2, -0.15) is 5.10 Å². The van der Waals surface area contributed by atoms with Crippen molar-refractivity contribution in [3.05, 3.63) is 53.4 Å². The first-order valence-electron chi connectivity index (χ1n) is 8.23. The van der Waals surface area contributed by atoms with Crippen molar-refractivity contribution in [2.24, 2.45) is 15.8 Å². The van der Waals surface area contributed by atoms with Gasteiger partial charge in [-0.05, 0) is 44.5 Å². The number of hydrogen-bond donors (Lipinski definition) is 2. The average molecular weight is 371 g/mol. The summed E-state index contributed by atoms with van der Waals surface area (Å²) in [7, 11) is 1.68. The summed E-state index contributed by atoms with van der Waals surface area (Å²) in [5.41, 5.74) is 11.1. The zero-order valence-corrected chi connectivity index (χ0v) is 16.0. The smallest absolute Gasteiger partial charge is 0.248 e. The average Bonchev–Trinajstić information content (AvgIpc) is 2.63. The molecule has 0 spiro atoms. The van der Waals surface area contributed by atoms with Crippen molar-refractivity contribution in [1.82, 2.24) is 10.3 Å². The highest BCUT2D eigenvalue weighted by Crippen LogP contribution is 2.22. The predicted molar refractivity (Wildman–Crippen MR) is 107 cm³/mol. The number of guanidine groups is 1. The van der Waals surface area contributed by atoms with E-state index in [9.17, 15) is 9.59 Å². The first-order chi connectivity index (χ1) is 12.8. The van der Waals surface area contributed by atoms with Crippen LogP contribution in [0.3, 0.4) is 0 Å². The Morgan fingerprint density at radius 3 is 2.70 bits per heavy atom. The molecular formula is C19H25N5O3. The van der Waals surface area contributed by atoms with Gasteiger partial charge in [0.2, 0.25) is 11.9 Å². The Labute approximate surface area is 159 Å². The zero-order valence-electron chi connectivity index (χ0n) is 16.0. The lowest BCUT2D eigenvalue weighted by molar-refractivity contribution is -0.104. The van der Waals surface area contributed by atoms with E-state index in [1.807, 2.05) is 13.8 Å². The summed E-state index contributed by atoms with van der Waals surface area (Å²) in [6, 6.07) is 5.01. The fraction of sp³-hybridized carbons (Fsp3) is 0.263. The molecule has 0 unspecified atom stereocenters. The van der Waals surface area contributed by atoms with Crippen molar-refractivity contribution in [3.8, 4) is 0 Å². The van der Waals surface area contributed by atoms with E-state index in [1.54, 1.807) is 37.1 Å². The molecule has 3 N–H and O–H groups in total. The van der Waals surface area contributed by atoms with Crippen molar-refractivity contribution < 1.29 is 14.3 Å². The van der Waals surface area contributed by atoms with Gasteiger partial charge in [-0.15, -0.1) is 0 Å². The van der Waals surface area contributed by atoms with Crippen LogP contribution in [0.4, 0.5) is 5.69 Å². The van der Waals surface area contributed by atoms with Crippen LogP contribution < -0.4 is 11.2 Å². The van der Waals surface area contributed by atoms with E-state index in [-0.39, 0.29) is 0 Å². The number of allylic oxidation sites excluding steroid dienone is 3. The van der Waals surface area contributed by atoms with Crippen LogP contribution in [0, 0.1) is 6.92 Å². The molecule has 8 nitrogen and oxygen atoms in total. The number of ether oxygens (including phenoxy) is 1. The topological polar surface area (TPSA) is 109 Å². The molecule has 1 amide bonds. The Hall–Kier alpha value is -3.26. The normalized spacial score (nSPS) is 15.1. The summed E-state index contributed by atoms with van der Waals surface area (Å²) in [5.74, 6) is -0.155. The maximum absolute atomic E-state index is 11.3. The summed E-state index contributed by atoms with van der Waals surface area (Å²) in [5, 5.41) is 3.96. The molecule has 0 saturated heterocycles. The van der Waals surface area contributed by atoms with Gasteiger partial charge in [0.1, 0.15) is 6.29 Å². The monoisotopic (exact) mass is 371 g/mol. The van der Waals surface area contributed by atoms with Gasteiger partial charge in [0, 0.05) is 25.0 Å². The van der Waals surface area contributed by atoms with E-state index >= 15 is 0 Å². The molecule has 0 fully saturated rings. The molecule has 0 aliphatic carbocycles. The van der Waals surface area contributed by atoms with Gasteiger partial charge < -0.3 is 10.5 Å². The minimum atomic E-state index is -0.528. The number of carbonyl (C=O) groups excluding carboxylic acids is 2. The Bertz CT molecular complexity index is 795. The minimum absolute atomic E-state index is 0.361. The van der Waals surface area contributed by atoms with Crippen LogP contribution in [0.2, 0.25) is 0 Å².